The molecule has 1 N–H and O–H groups in total. The number of hydrogen-bond acceptors (Lipinski definition) is 3. The van der Waals surface area contributed by atoms with Gasteiger partial charge in [-0.25, -0.2) is 4.79 Å². The zero-order chi connectivity index (χ0) is 16.1. The third kappa shape index (κ3) is 4.12. The SMILES string of the molecule is CC[C@@H]1C=CCN1C(=O)Nc1ccc(CN2CCOCC2)cc1. The van der Waals surface area contributed by atoms with Crippen LogP contribution in [0.2, 0.25) is 0 Å². The fourth-order valence-corrected chi connectivity index (χ4v) is 3.07. The van der Waals surface area contributed by atoms with Crippen molar-refractivity contribution in [2.24, 2.45) is 0 Å². The first kappa shape index (κ1) is 16.0. The van der Waals surface area contributed by atoms with Crippen molar-refractivity contribution in [3.05, 3.63) is 42.0 Å². The summed E-state index contributed by atoms with van der Waals surface area (Å²) in [5.74, 6) is 0. The van der Waals surface area contributed by atoms with Crippen LogP contribution in [0.1, 0.15) is 18.9 Å². The fraction of sp³-hybridized carbons (Fsp3) is 0.500. The Morgan fingerprint density at radius 3 is 2.70 bits per heavy atom. The van der Waals surface area contributed by atoms with Crippen molar-refractivity contribution in [3.8, 4) is 0 Å². The van der Waals surface area contributed by atoms with E-state index >= 15 is 0 Å². The first-order valence-corrected chi connectivity index (χ1v) is 8.39. The highest BCUT2D eigenvalue weighted by Crippen LogP contribution is 2.17. The van der Waals surface area contributed by atoms with E-state index in [1.54, 1.807) is 0 Å². The molecule has 5 heteroatoms. The third-order valence-corrected chi connectivity index (χ3v) is 4.45. The number of ether oxygens (including phenoxy) is 1. The molecule has 0 unspecified atom stereocenters. The van der Waals surface area contributed by atoms with Gasteiger partial charge in [0, 0.05) is 31.9 Å². The van der Waals surface area contributed by atoms with Gasteiger partial charge < -0.3 is 15.0 Å². The Morgan fingerprint density at radius 1 is 1.26 bits per heavy atom. The molecule has 3 rings (SSSR count). The van der Waals surface area contributed by atoms with E-state index in [1.165, 1.54) is 5.56 Å². The van der Waals surface area contributed by atoms with Crippen LogP contribution in [-0.2, 0) is 11.3 Å². The molecule has 1 saturated heterocycles. The highest BCUT2D eigenvalue weighted by molar-refractivity contribution is 5.90. The maximum atomic E-state index is 12.3. The molecule has 0 saturated carbocycles. The summed E-state index contributed by atoms with van der Waals surface area (Å²) >= 11 is 0. The van der Waals surface area contributed by atoms with Gasteiger partial charge >= 0.3 is 6.03 Å². The zero-order valence-electron chi connectivity index (χ0n) is 13.7. The summed E-state index contributed by atoms with van der Waals surface area (Å²) in [4.78, 5) is 16.6. The normalized spacial score (nSPS) is 21.6. The minimum Gasteiger partial charge on any atom is -0.379 e. The Hall–Kier alpha value is -1.85. The highest BCUT2D eigenvalue weighted by atomic mass is 16.5. The summed E-state index contributed by atoms with van der Waals surface area (Å²) < 4.78 is 5.37. The van der Waals surface area contributed by atoms with Crippen LogP contribution < -0.4 is 5.32 Å². The van der Waals surface area contributed by atoms with Crippen molar-refractivity contribution in [1.82, 2.24) is 9.80 Å². The van der Waals surface area contributed by atoms with E-state index in [2.05, 4.69) is 41.4 Å². The van der Waals surface area contributed by atoms with Gasteiger partial charge in [-0.2, -0.15) is 0 Å². The molecular weight excluding hydrogens is 290 g/mol. The molecule has 2 heterocycles. The third-order valence-electron chi connectivity index (χ3n) is 4.45. The molecule has 2 aliphatic rings. The number of carbonyl (C=O) groups is 1. The van der Waals surface area contributed by atoms with E-state index in [4.69, 9.17) is 4.74 Å². The number of hydrogen-bond donors (Lipinski definition) is 1. The molecule has 1 fully saturated rings. The maximum absolute atomic E-state index is 12.3. The van der Waals surface area contributed by atoms with Crippen molar-refractivity contribution in [2.75, 3.05) is 38.2 Å². The molecule has 5 nitrogen and oxygen atoms in total. The lowest BCUT2D eigenvalue weighted by Gasteiger charge is -2.26. The number of carbonyl (C=O) groups excluding carboxylic acids is 1. The minimum absolute atomic E-state index is 0.0252. The topological polar surface area (TPSA) is 44.8 Å². The van der Waals surface area contributed by atoms with Gasteiger partial charge in [-0.1, -0.05) is 31.2 Å². The zero-order valence-corrected chi connectivity index (χ0v) is 13.7. The minimum atomic E-state index is -0.0252. The average molecular weight is 315 g/mol. The van der Waals surface area contributed by atoms with E-state index in [1.807, 2.05) is 17.0 Å². The Balaban J connectivity index is 1.53. The summed E-state index contributed by atoms with van der Waals surface area (Å²) in [6.45, 7) is 7.33. The van der Waals surface area contributed by atoms with Crippen molar-refractivity contribution < 1.29 is 9.53 Å². The molecule has 0 aromatic heterocycles. The average Bonchev–Trinajstić information content (AvgIpc) is 3.06. The van der Waals surface area contributed by atoms with Gasteiger partial charge in [0.1, 0.15) is 0 Å². The molecule has 0 radical (unpaired) electrons. The molecule has 2 aliphatic heterocycles. The van der Waals surface area contributed by atoms with Gasteiger partial charge in [0.25, 0.3) is 0 Å². The molecule has 124 valence electrons. The van der Waals surface area contributed by atoms with Crippen LogP contribution in [0.3, 0.4) is 0 Å². The summed E-state index contributed by atoms with van der Waals surface area (Å²) in [5.41, 5.74) is 2.11. The van der Waals surface area contributed by atoms with Crippen molar-refractivity contribution in [3.63, 3.8) is 0 Å². The number of rotatable bonds is 4. The smallest absolute Gasteiger partial charge is 0.322 e. The van der Waals surface area contributed by atoms with Gasteiger partial charge in [-0.05, 0) is 24.1 Å². The van der Waals surface area contributed by atoms with E-state index in [0.717, 1.165) is 45.0 Å². The van der Waals surface area contributed by atoms with Crippen molar-refractivity contribution in [2.45, 2.75) is 25.9 Å². The van der Waals surface area contributed by atoms with Crippen LogP contribution in [0.15, 0.2) is 36.4 Å². The maximum Gasteiger partial charge on any atom is 0.322 e. The monoisotopic (exact) mass is 315 g/mol. The lowest BCUT2D eigenvalue weighted by molar-refractivity contribution is 0.0342. The van der Waals surface area contributed by atoms with Gasteiger partial charge in [-0.15, -0.1) is 0 Å². The Bertz CT molecular complexity index is 550. The number of urea groups is 1. The Kier molecular flexibility index (Phi) is 5.31. The quantitative estimate of drug-likeness (QED) is 0.869. The Morgan fingerprint density at radius 2 is 2.00 bits per heavy atom. The second-order valence-corrected chi connectivity index (χ2v) is 6.07. The molecular formula is C18H25N3O2. The number of morpholine rings is 1. The van der Waals surface area contributed by atoms with Gasteiger partial charge in [0.15, 0.2) is 0 Å². The highest BCUT2D eigenvalue weighted by Gasteiger charge is 2.23. The standard InChI is InChI=1S/C18H25N3O2/c1-2-17-4-3-9-21(17)18(22)19-16-7-5-15(6-8-16)14-20-10-12-23-13-11-20/h3-8,17H,2,9-14H2,1H3,(H,19,22)/t17-/m1/s1. The second-order valence-electron chi connectivity index (χ2n) is 6.07. The van der Waals surface area contributed by atoms with Crippen LogP contribution in [-0.4, -0.2) is 54.7 Å². The summed E-state index contributed by atoms with van der Waals surface area (Å²) in [5, 5.41) is 2.99. The van der Waals surface area contributed by atoms with E-state index in [0.29, 0.717) is 6.54 Å². The van der Waals surface area contributed by atoms with Gasteiger partial charge in [-0.3, -0.25) is 4.90 Å². The molecule has 0 spiro atoms. The van der Waals surface area contributed by atoms with E-state index < -0.39 is 0 Å². The summed E-state index contributed by atoms with van der Waals surface area (Å²) in [6.07, 6.45) is 5.10. The molecule has 0 bridgehead atoms. The van der Waals surface area contributed by atoms with Crippen LogP contribution in [0.25, 0.3) is 0 Å². The van der Waals surface area contributed by atoms with E-state index in [-0.39, 0.29) is 12.1 Å². The van der Waals surface area contributed by atoms with Crippen molar-refractivity contribution >= 4 is 11.7 Å². The molecule has 0 aliphatic carbocycles. The first-order chi connectivity index (χ1) is 11.3. The molecule has 1 aromatic rings. The molecule has 1 atom stereocenters. The molecule has 2 amide bonds. The summed E-state index contributed by atoms with van der Waals surface area (Å²) in [6, 6.07) is 8.34. The fourth-order valence-electron chi connectivity index (χ4n) is 3.07. The number of amides is 2. The lowest BCUT2D eigenvalue weighted by Crippen LogP contribution is -2.38. The van der Waals surface area contributed by atoms with Crippen LogP contribution in [0, 0.1) is 0 Å². The first-order valence-electron chi connectivity index (χ1n) is 8.39. The second kappa shape index (κ2) is 7.62. The van der Waals surface area contributed by atoms with Gasteiger partial charge in [0.2, 0.25) is 0 Å². The molecule has 1 aromatic carbocycles. The number of nitrogens with one attached hydrogen (secondary N) is 1. The number of nitrogens with zero attached hydrogens (tertiary/aromatic N) is 2. The number of benzene rings is 1. The Labute approximate surface area is 137 Å². The van der Waals surface area contributed by atoms with Crippen LogP contribution in [0.4, 0.5) is 10.5 Å². The van der Waals surface area contributed by atoms with Crippen LogP contribution >= 0.6 is 0 Å². The lowest BCUT2D eigenvalue weighted by atomic mass is 10.2. The number of anilines is 1. The molecule has 23 heavy (non-hydrogen) atoms. The predicted molar refractivity (Wildman–Crippen MR) is 91.5 cm³/mol. The predicted octanol–water partition coefficient (Wildman–Crippen LogP) is 2.70. The van der Waals surface area contributed by atoms with Crippen molar-refractivity contribution in [1.29, 1.82) is 0 Å². The van der Waals surface area contributed by atoms with E-state index in [9.17, 15) is 4.79 Å². The largest absolute Gasteiger partial charge is 0.379 e. The van der Waals surface area contributed by atoms with Crippen LogP contribution in [0.5, 0.6) is 0 Å². The van der Waals surface area contributed by atoms with Gasteiger partial charge in [0.05, 0.1) is 19.3 Å². The summed E-state index contributed by atoms with van der Waals surface area (Å²) in [7, 11) is 0.